The van der Waals surface area contributed by atoms with Crippen LogP contribution in [0.4, 0.5) is 0 Å². The lowest BCUT2D eigenvalue weighted by Crippen LogP contribution is -2.09. The van der Waals surface area contributed by atoms with Crippen molar-refractivity contribution in [3.63, 3.8) is 0 Å². The Morgan fingerprint density at radius 3 is 2.39 bits per heavy atom. The van der Waals surface area contributed by atoms with Crippen LogP contribution in [-0.2, 0) is 12.8 Å². The average Bonchev–Trinajstić information content (AvgIpc) is 2.77. The number of halogens is 2. The van der Waals surface area contributed by atoms with Gasteiger partial charge in [0.05, 0.1) is 4.34 Å². The van der Waals surface area contributed by atoms with E-state index in [1.54, 1.807) is 11.3 Å². The zero-order valence-corrected chi connectivity index (χ0v) is 13.5. The summed E-state index contributed by atoms with van der Waals surface area (Å²) in [5.74, 6) is 0.627. The highest BCUT2D eigenvalue weighted by molar-refractivity contribution is 9.09. The summed E-state index contributed by atoms with van der Waals surface area (Å²) in [4.78, 5) is 1.37. The summed E-state index contributed by atoms with van der Waals surface area (Å²) >= 11 is 11.3. The Morgan fingerprint density at radius 2 is 1.83 bits per heavy atom. The third kappa shape index (κ3) is 4.11. The highest BCUT2D eigenvalue weighted by Crippen LogP contribution is 2.25. The lowest BCUT2D eigenvalue weighted by Gasteiger charge is -2.13. The van der Waals surface area contributed by atoms with Crippen molar-refractivity contribution in [2.75, 3.05) is 5.33 Å². The first kappa shape index (κ1) is 14.1. The number of aryl methyl sites for hydroxylation is 1. The molecule has 0 aliphatic rings. The first-order chi connectivity index (χ1) is 8.67. The molecule has 1 heterocycles. The first-order valence-electron chi connectivity index (χ1n) is 6.03. The van der Waals surface area contributed by atoms with E-state index in [1.807, 2.05) is 6.07 Å². The number of hydrogen-bond donors (Lipinski definition) is 0. The summed E-state index contributed by atoms with van der Waals surface area (Å²) < 4.78 is 0.883. The number of benzene rings is 1. The molecule has 0 saturated heterocycles. The van der Waals surface area contributed by atoms with E-state index in [4.69, 9.17) is 11.6 Å². The minimum atomic E-state index is 0.627. The van der Waals surface area contributed by atoms with Crippen LogP contribution in [0.25, 0.3) is 0 Å². The molecule has 0 aliphatic heterocycles. The molecular weight excluding hydrogens is 328 g/mol. The summed E-state index contributed by atoms with van der Waals surface area (Å²) in [5.41, 5.74) is 2.73. The van der Waals surface area contributed by atoms with Gasteiger partial charge in [0.25, 0.3) is 0 Å². The molecular formula is C15H16BrClS. The minimum absolute atomic E-state index is 0.627. The fourth-order valence-corrected chi connectivity index (χ4v) is 3.64. The van der Waals surface area contributed by atoms with Crippen LogP contribution in [0.15, 0.2) is 36.4 Å². The molecule has 0 fully saturated rings. The average molecular weight is 344 g/mol. The third-order valence-electron chi connectivity index (χ3n) is 2.98. The molecule has 0 bridgehead atoms. The summed E-state index contributed by atoms with van der Waals surface area (Å²) in [6.07, 6.45) is 2.21. The van der Waals surface area contributed by atoms with Gasteiger partial charge in [-0.15, -0.1) is 11.3 Å². The molecule has 0 aliphatic carbocycles. The predicted octanol–water partition coefficient (Wildman–Crippen LogP) is 5.51. The highest BCUT2D eigenvalue weighted by Gasteiger charge is 2.11. The maximum atomic E-state index is 5.97. The summed E-state index contributed by atoms with van der Waals surface area (Å²) in [6, 6.07) is 12.9. The predicted molar refractivity (Wildman–Crippen MR) is 85.2 cm³/mol. The highest BCUT2D eigenvalue weighted by atomic mass is 79.9. The number of rotatable bonds is 5. The molecule has 0 radical (unpaired) electrons. The van der Waals surface area contributed by atoms with Gasteiger partial charge in [-0.2, -0.15) is 0 Å². The van der Waals surface area contributed by atoms with E-state index in [2.05, 4.69) is 53.2 Å². The van der Waals surface area contributed by atoms with Crippen molar-refractivity contribution in [3.8, 4) is 0 Å². The van der Waals surface area contributed by atoms with Crippen LogP contribution in [0.3, 0.4) is 0 Å². The van der Waals surface area contributed by atoms with Gasteiger partial charge in [0.15, 0.2) is 0 Å². The van der Waals surface area contributed by atoms with E-state index in [0.29, 0.717) is 5.92 Å². The quantitative estimate of drug-likeness (QED) is 0.628. The van der Waals surface area contributed by atoms with Gasteiger partial charge in [-0.3, -0.25) is 0 Å². The lowest BCUT2D eigenvalue weighted by atomic mass is 9.97. The fourth-order valence-electron chi connectivity index (χ4n) is 1.98. The molecule has 3 heteroatoms. The summed E-state index contributed by atoms with van der Waals surface area (Å²) in [7, 11) is 0. The minimum Gasteiger partial charge on any atom is -0.128 e. The number of alkyl halides is 1. The van der Waals surface area contributed by atoms with Crippen molar-refractivity contribution >= 4 is 38.9 Å². The van der Waals surface area contributed by atoms with Crippen LogP contribution in [-0.4, -0.2) is 5.33 Å². The third-order valence-corrected chi connectivity index (χ3v) is 5.15. The Hall–Kier alpha value is -0.310. The van der Waals surface area contributed by atoms with Crippen molar-refractivity contribution < 1.29 is 0 Å². The van der Waals surface area contributed by atoms with E-state index in [9.17, 15) is 0 Å². The van der Waals surface area contributed by atoms with E-state index in [0.717, 1.165) is 22.5 Å². The zero-order valence-electron chi connectivity index (χ0n) is 10.3. The Balaban J connectivity index is 1.99. The van der Waals surface area contributed by atoms with Crippen molar-refractivity contribution in [2.45, 2.75) is 19.8 Å². The first-order valence-corrected chi connectivity index (χ1v) is 8.34. The number of thiophene rings is 1. The van der Waals surface area contributed by atoms with Gasteiger partial charge >= 0.3 is 0 Å². The van der Waals surface area contributed by atoms with E-state index in [-0.39, 0.29) is 0 Å². The molecule has 18 heavy (non-hydrogen) atoms. The van der Waals surface area contributed by atoms with Crippen LogP contribution in [0.5, 0.6) is 0 Å². The van der Waals surface area contributed by atoms with Gasteiger partial charge in [-0.25, -0.2) is 0 Å². The molecule has 0 saturated carbocycles. The van der Waals surface area contributed by atoms with Gasteiger partial charge in [-0.1, -0.05) is 57.4 Å². The smallest absolute Gasteiger partial charge is 0.0931 e. The molecule has 1 aromatic carbocycles. The molecule has 0 N–H and O–H groups in total. The molecule has 2 rings (SSSR count). The fraction of sp³-hybridized carbons (Fsp3) is 0.333. The van der Waals surface area contributed by atoms with Crippen molar-refractivity contribution in [1.29, 1.82) is 0 Å². The van der Waals surface area contributed by atoms with E-state index < -0.39 is 0 Å². The summed E-state index contributed by atoms with van der Waals surface area (Å²) in [6.45, 7) is 2.12. The van der Waals surface area contributed by atoms with E-state index in [1.165, 1.54) is 16.0 Å². The van der Waals surface area contributed by atoms with Crippen LogP contribution in [0, 0.1) is 12.8 Å². The molecule has 1 unspecified atom stereocenters. The van der Waals surface area contributed by atoms with Gasteiger partial charge in [0.1, 0.15) is 0 Å². The molecule has 96 valence electrons. The maximum absolute atomic E-state index is 5.97. The van der Waals surface area contributed by atoms with Crippen LogP contribution in [0.1, 0.15) is 16.0 Å². The molecule has 0 spiro atoms. The normalized spacial score (nSPS) is 12.6. The second-order valence-corrected chi connectivity index (χ2v) is 7.07. The molecule has 1 atom stereocenters. The SMILES string of the molecule is Cc1ccc(CC(CBr)Cc2ccc(Cl)s2)cc1. The van der Waals surface area contributed by atoms with Crippen LogP contribution < -0.4 is 0 Å². The van der Waals surface area contributed by atoms with Crippen molar-refractivity contribution in [1.82, 2.24) is 0 Å². The van der Waals surface area contributed by atoms with Crippen LogP contribution >= 0.6 is 38.9 Å². The molecule has 1 aromatic heterocycles. The Labute approximate surface area is 126 Å². The molecule has 2 aromatic rings. The van der Waals surface area contributed by atoms with Crippen molar-refractivity contribution in [2.24, 2.45) is 5.92 Å². The zero-order chi connectivity index (χ0) is 13.0. The van der Waals surface area contributed by atoms with Gasteiger partial charge in [-0.05, 0) is 43.4 Å². The second kappa shape index (κ2) is 6.74. The lowest BCUT2D eigenvalue weighted by molar-refractivity contribution is 0.596. The van der Waals surface area contributed by atoms with E-state index >= 15 is 0 Å². The number of hydrogen-bond acceptors (Lipinski definition) is 1. The monoisotopic (exact) mass is 342 g/mol. The van der Waals surface area contributed by atoms with Crippen LogP contribution in [0.2, 0.25) is 4.34 Å². The summed E-state index contributed by atoms with van der Waals surface area (Å²) in [5, 5.41) is 1.02. The van der Waals surface area contributed by atoms with Gasteiger partial charge in [0.2, 0.25) is 0 Å². The van der Waals surface area contributed by atoms with Crippen molar-refractivity contribution in [3.05, 3.63) is 56.7 Å². The Kier molecular flexibility index (Phi) is 5.28. The Bertz CT molecular complexity index is 489. The maximum Gasteiger partial charge on any atom is 0.0931 e. The standard InChI is InChI=1S/C15H16BrClS/c1-11-2-4-12(5-3-11)8-13(10-16)9-14-6-7-15(17)18-14/h2-7,13H,8-10H2,1H3. The molecule has 0 nitrogen and oxygen atoms in total. The Morgan fingerprint density at radius 1 is 1.11 bits per heavy atom. The largest absolute Gasteiger partial charge is 0.128 e. The molecule has 0 amide bonds. The van der Waals surface area contributed by atoms with Gasteiger partial charge < -0.3 is 0 Å². The second-order valence-electron chi connectivity index (χ2n) is 4.62. The van der Waals surface area contributed by atoms with Gasteiger partial charge in [0, 0.05) is 10.2 Å². The topological polar surface area (TPSA) is 0 Å².